The highest BCUT2D eigenvalue weighted by molar-refractivity contribution is 7.81. The number of piperidine rings is 1. The number of aromatic nitrogens is 4. The van der Waals surface area contributed by atoms with Crippen LogP contribution in [0.15, 0.2) is 18.7 Å². The molecule has 1 saturated heterocycles. The second kappa shape index (κ2) is 8.34. The third-order valence-electron chi connectivity index (χ3n) is 4.51. The van der Waals surface area contributed by atoms with Crippen LogP contribution in [0, 0.1) is 11.3 Å². The van der Waals surface area contributed by atoms with Crippen molar-refractivity contribution in [2.24, 2.45) is 0 Å². The minimum atomic E-state index is -0.942. The SMILES string of the molecule is CS(=O)N1CCC(Nc2ncc(C#N)c(-c3cn(CC(C)(C)O)cn3)n2)CC1. The van der Waals surface area contributed by atoms with E-state index in [1.54, 1.807) is 37.2 Å². The van der Waals surface area contributed by atoms with Crippen LogP contribution in [0.3, 0.4) is 0 Å². The molecule has 28 heavy (non-hydrogen) atoms. The van der Waals surface area contributed by atoms with E-state index in [1.165, 1.54) is 6.20 Å². The number of nitrogens with zero attached hydrogens (tertiary/aromatic N) is 6. The maximum absolute atomic E-state index is 11.6. The smallest absolute Gasteiger partial charge is 0.223 e. The average molecular weight is 404 g/mol. The molecule has 0 bridgehead atoms. The van der Waals surface area contributed by atoms with Crippen molar-refractivity contribution in [1.29, 1.82) is 5.26 Å². The van der Waals surface area contributed by atoms with Crippen molar-refractivity contribution >= 4 is 16.9 Å². The van der Waals surface area contributed by atoms with Crippen molar-refractivity contribution in [1.82, 2.24) is 23.8 Å². The predicted octanol–water partition coefficient (Wildman–Crippen LogP) is 1.15. The fraction of sp³-hybridized carbons (Fsp3) is 0.556. The Labute approximate surface area is 167 Å². The monoisotopic (exact) mass is 403 g/mol. The molecule has 2 N–H and O–H groups in total. The quantitative estimate of drug-likeness (QED) is 0.742. The highest BCUT2D eigenvalue weighted by atomic mass is 32.2. The summed E-state index contributed by atoms with van der Waals surface area (Å²) in [5.74, 6) is 0.446. The normalized spacial score (nSPS) is 17.2. The molecular weight excluding hydrogens is 378 g/mol. The molecule has 3 heterocycles. The first-order chi connectivity index (χ1) is 13.2. The van der Waals surface area contributed by atoms with E-state index in [4.69, 9.17) is 0 Å². The summed E-state index contributed by atoms with van der Waals surface area (Å²) in [4.78, 5) is 13.1. The van der Waals surface area contributed by atoms with Crippen molar-refractivity contribution in [3.8, 4) is 17.5 Å². The molecule has 10 heteroatoms. The standard InChI is InChI=1S/C18H25N7O2S/c1-18(2,26)11-24-10-15(21-12-24)16-13(8-19)9-20-17(23-16)22-14-4-6-25(7-5-14)28(3)27/h9-10,12,14,26H,4-7,11H2,1-3H3,(H,20,22,23). The number of hydrogen-bond acceptors (Lipinski definition) is 7. The summed E-state index contributed by atoms with van der Waals surface area (Å²) >= 11 is 0. The molecule has 1 fully saturated rings. The van der Waals surface area contributed by atoms with Crippen molar-refractivity contribution in [2.75, 3.05) is 24.7 Å². The summed E-state index contributed by atoms with van der Waals surface area (Å²) < 4.78 is 15.3. The lowest BCUT2D eigenvalue weighted by Crippen LogP contribution is -2.39. The zero-order valence-electron chi connectivity index (χ0n) is 16.3. The van der Waals surface area contributed by atoms with Crippen LogP contribution in [0.25, 0.3) is 11.4 Å². The molecule has 0 aromatic carbocycles. The number of nitrogens with one attached hydrogen (secondary N) is 1. The number of hydrogen-bond donors (Lipinski definition) is 2. The molecule has 0 radical (unpaired) electrons. The van der Waals surface area contributed by atoms with Gasteiger partial charge in [0, 0.05) is 31.6 Å². The van der Waals surface area contributed by atoms with Crippen molar-refractivity contribution in [2.45, 2.75) is 44.9 Å². The van der Waals surface area contributed by atoms with Crippen molar-refractivity contribution < 1.29 is 9.32 Å². The first kappa shape index (κ1) is 20.4. The van der Waals surface area contributed by atoms with Gasteiger partial charge in [-0.3, -0.25) is 0 Å². The Bertz CT molecular complexity index is 892. The van der Waals surface area contributed by atoms with Crippen LogP contribution in [0.4, 0.5) is 5.95 Å². The van der Waals surface area contributed by atoms with Crippen LogP contribution in [0.1, 0.15) is 32.3 Å². The van der Waals surface area contributed by atoms with E-state index in [0.717, 1.165) is 25.9 Å². The van der Waals surface area contributed by atoms with Gasteiger partial charge >= 0.3 is 0 Å². The maximum Gasteiger partial charge on any atom is 0.223 e. The van der Waals surface area contributed by atoms with Gasteiger partial charge in [0.25, 0.3) is 0 Å². The van der Waals surface area contributed by atoms with Crippen LogP contribution in [0.5, 0.6) is 0 Å². The highest BCUT2D eigenvalue weighted by Gasteiger charge is 2.22. The van der Waals surface area contributed by atoms with Gasteiger partial charge in [-0.05, 0) is 26.7 Å². The first-order valence-electron chi connectivity index (χ1n) is 9.12. The molecule has 0 saturated carbocycles. The van der Waals surface area contributed by atoms with Crippen molar-refractivity contribution in [3.05, 3.63) is 24.3 Å². The number of imidazole rings is 1. The average Bonchev–Trinajstić information content (AvgIpc) is 3.08. The lowest BCUT2D eigenvalue weighted by Gasteiger charge is -2.30. The van der Waals surface area contributed by atoms with E-state index in [2.05, 4.69) is 26.3 Å². The molecule has 150 valence electrons. The Kier molecular flexibility index (Phi) is 6.07. The van der Waals surface area contributed by atoms with Crippen LogP contribution >= 0.6 is 0 Å². The largest absolute Gasteiger partial charge is 0.389 e. The van der Waals surface area contributed by atoms with Gasteiger partial charge in [0.05, 0.1) is 41.2 Å². The minimum absolute atomic E-state index is 0.188. The summed E-state index contributed by atoms with van der Waals surface area (Å²) in [6.07, 6.45) is 8.26. The van der Waals surface area contributed by atoms with Crippen LogP contribution in [-0.4, -0.2) is 64.1 Å². The molecule has 1 unspecified atom stereocenters. The predicted molar refractivity (Wildman–Crippen MR) is 107 cm³/mol. The number of nitriles is 1. The Hall–Kier alpha value is -2.35. The zero-order chi connectivity index (χ0) is 20.3. The Morgan fingerprint density at radius 1 is 1.39 bits per heavy atom. The van der Waals surface area contributed by atoms with Gasteiger partial charge in [0.1, 0.15) is 17.5 Å². The summed E-state index contributed by atoms with van der Waals surface area (Å²) in [6.45, 7) is 5.34. The Balaban J connectivity index is 1.76. The topological polar surface area (TPSA) is 120 Å². The van der Waals surface area contributed by atoms with Crippen LogP contribution in [0.2, 0.25) is 0 Å². The van der Waals surface area contributed by atoms with Gasteiger partial charge in [-0.25, -0.2) is 23.5 Å². The molecule has 2 aromatic heterocycles. The van der Waals surface area contributed by atoms with E-state index in [9.17, 15) is 14.6 Å². The van der Waals surface area contributed by atoms with Crippen LogP contribution < -0.4 is 5.32 Å². The van der Waals surface area contributed by atoms with Gasteiger partial charge in [0.15, 0.2) is 0 Å². The maximum atomic E-state index is 11.6. The minimum Gasteiger partial charge on any atom is -0.389 e. The van der Waals surface area contributed by atoms with E-state index in [1.807, 2.05) is 4.31 Å². The lowest BCUT2D eigenvalue weighted by atomic mass is 10.1. The molecule has 0 spiro atoms. The second-order valence-corrected chi connectivity index (χ2v) is 8.95. The molecule has 3 rings (SSSR count). The number of rotatable bonds is 6. The van der Waals surface area contributed by atoms with E-state index >= 15 is 0 Å². The fourth-order valence-corrected chi connectivity index (χ4v) is 3.91. The lowest BCUT2D eigenvalue weighted by molar-refractivity contribution is 0.0615. The fourth-order valence-electron chi connectivity index (χ4n) is 3.18. The van der Waals surface area contributed by atoms with Crippen molar-refractivity contribution in [3.63, 3.8) is 0 Å². The van der Waals surface area contributed by atoms with E-state index in [-0.39, 0.29) is 6.04 Å². The molecule has 1 aliphatic rings. The Morgan fingerprint density at radius 2 is 2.11 bits per heavy atom. The molecule has 2 aromatic rings. The van der Waals surface area contributed by atoms with Gasteiger partial charge < -0.3 is 15.0 Å². The van der Waals surface area contributed by atoms with Crippen LogP contribution in [-0.2, 0) is 17.5 Å². The van der Waals surface area contributed by atoms with E-state index in [0.29, 0.717) is 29.4 Å². The zero-order valence-corrected chi connectivity index (χ0v) is 17.1. The van der Waals surface area contributed by atoms with Gasteiger partial charge in [-0.2, -0.15) is 5.26 Å². The second-order valence-electron chi connectivity index (χ2n) is 7.58. The molecule has 1 aliphatic heterocycles. The molecule has 9 nitrogen and oxygen atoms in total. The number of aliphatic hydroxyl groups is 1. The summed E-state index contributed by atoms with van der Waals surface area (Å²) in [7, 11) is -0.942. The molecule has 0 aliphatic carbocycles. The third kappa shape index (κ3) is 5.13. The summed E-state index contributed by atoms with van der Waals surface area (Å²) in [5.41, 5.74) is 0.491. The van der Waals surface area contributed by atoms with Gasteiger partial charge in [0.2, 0.25) is 5.95 Å². The molecular formula is C18H25N7O2S. The summed E-state index contributed by atoms with van der Waals surface area (Å²) in [5, 5.41) is 22.7. The third-order valence-corrected chi connectivity index (χ3v) is 5.60. The highest BCUT2D eigenvalue weighted by Crippen LogP contribution is 2.22. The van der Waals surface area contributed by atoms with Gasteiger partial charge in [-0.15, -0.1) is 0 Å². The van der Waals surface area contributed by atoms with Gasteiger partial charge in [-0.1, -0.05) is 0 Å². The Morgan fingerprint density at radius 3 is 2.71 bits per heavy atom. The van der Waals surface area contributed by atoms with E-state index < -0.39 is 16.6 Å². The molecule has 1 atom stereocenters. The first-order valence-corrected chi connectivity index (χ1v) is 10.6. The summed E-state index contributed by atoms with van der Waals surface area (Å²) in [6, 6.07) is 2.30. The molecule has 0 amide bonds. The number of anilines is 1.